The molecule has 0 atom stereocenters. The maximum Gasteiger partial charge on any atom is 0.272 e. The summed E-state index contributed by atoms with van der Waals surface area (Å²) in [4.78, 5) is 22.6. The van der Waals surface area contributed by atoms with E-state index in [-0.39, 0.29) is 5.91 Å². The monoisotopic (exact) mass is 289 g/mol. The smallest absolute Gasteiger partial charge is 0.272 e. The molecule has 0 unspecified atom stereocenters. The summed E-state index contributed by atoms with van der Waals surface area (Å²) in [5, 5.41) is 6.76. The summed E-state index contributed by atoms with van der Waals surface area (Å²) >= 11 is 0. The molecule has 2 aromatic rings. The van der Waals surface area contributed by atoms with Gasteiger partial charge in [-0.25, -0.2) is 9.97 Å². The molecule has 0 aliphatic rings. The van der Waals surface area contributed by atoms with Crippen molar-refractivity contribution in [2.45, 2.75) is 27.7 Å². The Morgan fingerprint density at radius 1 is 1.24 bits per heavy atom. The summed E-state index contributed by atoms with van der Waals surface area (Å²) in [6, 6.07) is 3.41. The summed E-state index contributed by atoms with van der Waals surface area (Å²) < 4.78 is 4.97. The Bertz CT molecular complexity index is 634. The maximum absolute atomic E-state index is 12.3. The first-order chi connectivity index (χ1) is 10.0. The Balaban J connectivity index is 2.26. The summed E-state index contributed by atoms with van der Waals surface area (Å²) in [6.45, 7) is 8.78. The van der Waals surface area contributed by atoms with Gasteiger partial charge < -0.3 is 14.7 Å². The lowest BCUT2D eigenvalue weighted by Crippen LogP contribution is -2.31. The van der Waals surface area contributed by atoms with Gasteiger partial charge in [-0.1, -0.05) is 5.16 Å². The van der Waals surface area contributed by atoms with E-state index in [9.17, 15) is 4.79 Å². The van der Waals surface area contributed by atoms with Crippen LogP contribution in [0.2, 0.25) is 0 Å². The van der Waals surface area contributed by atoms with E-state index in [1.807, 2.05) is 20.8 Å². The molecule has 0 fully saturated rings. The number of nitrogens with one attached hydrogen (secondary N) is 1. The number of rotatable bonds is 5. The first-order valence-electron chi connectivity index (χ1n) is 6.88. The highest BCUT2D eigenvalue weighted by Crippen LogP contribution is 2.14. The van der Waals surface area contributed by atoms with Gasteiger partial charge in [0.05, 0.1) is 0 Å². The second-order valence-electron chi connectivity index (χ2n) is 4.64. The van der Waals surface area contributed by atoms with Crippen LogP contribution in [-0.2, 0) is 0 Å². The minimum Gasteiger partial charge on any atom is -0.360 e. The number of amides is 1. The Labute approximate surface area is 123 Å². The molecular weight excluding hydrogens is 270 g/mol. The minimum atomic E-state index is -0.107. The lowest BCUT2D eigenvalue weighted by atomic mass is 10.3. The van der Waals surface area contributed by atoms with E-state index in [0.29, 0.717) is 42.0 Å². The lowest BCUT2D eigenvalue weighted by Gasteiger charge is -2.18. The number of carbonyl (C=O) groups is 1. The highest BCUT2D eigenvalue weighted by atomic mass is 16.5. The van der Waals surface area contributed by atoms with Crippen LogP contribution in [0, 0.1) is 13.8 Å². The van der Waals surface area contributed by atoms with Crippen LogP contribution >= 0.6 is 0 Å². The molecule has 112 valence electrons. The molecule has 2 heterocycles. The van der Waals surface area contributed by atoms with Crippen molar-refractivity contribution in [3.8, 4) is 0 Å². The molecule has 7 nitrogen and oxygen atoms in total. The Hall–Kier alpha value is -2.44. The van der Waals surface area contributed by atoms with E-state index < -0.39 is 0 Å². The van der Waals surface area contributed by atoms with Crippen molar-refractivity contribution in [3.63, 3.8) is 0 Å². The number of hydrogen-bond donors (Lipinski definition) is 1. The van der Waals surface area contributed by atoms with Crippen LogP contribution in [0.1, 0.15) is 35.8 Å². The molecule has 0 saturated heterocycles. The van der Waals surface area contributed by atoms with E-state index in [1.54, 1.807) is 24.0 Å². The van der Waals surface area contributed by atoms with Crippen molar-refractivity contribution in [1.29, 1.82) is 0 Å². The molecule has 0 radical (unpaired) electrons. The average molecular weight is 289 g/mol. The molecule has 0 aromatic carbocycles. The molecule has 0 saturated carbocycles. The summed E-state index contributed by atoms with van der Waals surface area (Å²) in [6.07, 6.45) is 0. The van der Waals surface area contributed by atoms with Gasteiger partial charge in [-0.05, 0) is 33.8 Å². The fourth-order valence-corrected chi connectivity index (χ4v) is 1.95. The third kappa shape index (κ3) is 3.56. The zero-order chi connectivity index (χ0) is 15.4. The van der Waals surface area contributed by atoms with Crippen LogP contribution in [0.3, 0.4) is 0 Å². The molecule has 0 spiro atoms. The van der Waals surface area contributed by atoms with Crippen molar-refractivity contribution >= 4 is 17.7 Å². The zero-order valence-electron chi connectivity index (χ0n) is 12.7. The minimum absolute atomic E-state index is 0.107. The molecular formula is C14H19N5O2. The van der Waals surface area contributed by atoms with Crippen LogP contribution in [0.25, 0.3) is 0 Å². The van der Waals surface area contributed by atoms with E-state index in [0.717, 1.165) is 0 Å². The molecule has 7 heteroatoms. The van der Waals surface area contributed by atoms with Gasteiger partial charge in [0.25, 0.3) is 5.91 Å². The average Bonchev–Trinajstić information content (AvgIpc) is 2.84. The van der Waals surface area contributed by atoms with Crippen molar-refractivity contribution in [1.82, 2.24) is 20.0 Å². The molecule has 0 bridgehead atoms. The Morgan fingerprint density at radius 2 is 1.95 bits per heavy atom. The van der Waals surface area contributed by atoms with E-state index >= 15 is 0 Å². The summed E-state index contributed by atoms with van der Waals surface area (Å²) in [5.41, 5.74) is 1.08. The van der Waals surface area contributed by atoms with Gasteiger partial charge in [0.2, 0.25) is 5.95 Å². The van der Waals surface area contributed by atoms with Crippen LogP contribution in [-0.4, -0.2) is 39.0 Å². The molecule has 2 aromatic heterocycles. The van der Waals surface area contributed by atoms with Gasteiger partial charge in [0.15, 0.2) is 5.82 Å². The Kier molecular flexibility index (Phi) is 4.52. The number of aryl methyl sites for hydroxylation is 2. The fourth-order valence-electron chi connectivity index (χ4n) is 1.95. The van der Waals surface area contributed by atoms with Crippen LogP contribution in [0.15, 0.2) is 16.7 Å². The first kappa shape index (κ1) is 15.0. The van der Waals surface area contributed by atoms with Gasteiger partial charge in [-0.3, -0.25) is 4.79 Å². The van der Waals surface area contributed by atoms with E-state index in [4.69, 9.17) is 4.52 Å². The molecule has 0 aliphatic carbocycles. The third-order valence-electron chi connectivity index (χ3n) is 2.99. The molecule has 1 N–H and O–H groups in total. The van der Waals surface area contributed by atoms with Crippen LogP contribution in [0.4, 0.5) is 11.8 Å². The van der Waals surface area contributed by atoms with Gasteiger partial charge in [-0.15, -0.1) is 0 Å². The predicted molar refractivity (Wildman–Crippen MR) is 78.5 cm³/mol. The SMILES string of the molecule is CCN(CC)C(=O)c1cc(C)nc(Nc2cc(C)on2)n1. The second kappa shape index (κ2) is 6.34. The maximum atomic E-state index is 12.3. The number of hydrogen-bond acceptors (Lipinski definition) is 6. The third-order valence-corrected chi connectivity index (χ3v) is 2.99. The lowest BCUT2D eigenvalue weighted by molar-refractivity contribution is 0.0767. The largest absolute Gasteiger partial charge is 0.360 e. The van der Waals surface area contributed by atoms with Crippen LogP contribution < -0.4 is 5.32 Å². The summed E-state index contributed by atoms with van der Waals surface area (Å²) in [5.74, 6) is 1.42. The topological polar surface area (TPSA) is 84.2 Å². The first-order valence-corrected chi connectivity index (χ1v) is 6.88. The quantitative estimate of drug-likeness (QED) is 0.909. The van der Waals surface area contributed by atoms with Gasteiger partial charge >= 0.3 is 0 Å². The summed E-state index contributed by atoms with van der Waals surface area (Å²) in [7, 11) is 0. The molecule has 2 rings (SSSR count). The molecule has 0 aliphatic heterocycles. The number of carbonyl (C=O) groups excluding carboxylic acids is 1. The number of anilines is 2. The number of nitrogens with zero attached hydrogens (tertiary/aromatic N) is 4. The predicted octanol–water partition coefficient (Wildman–Crippen LogP) is 2.31. The highest BCUT2D eigenvalue weighted by molar-refractivity contribution is 5.92. The normalized spacial score (nSPS) is 10.5. The van der Waals surface area contributed by atoms with Crippen molar-refractivity contribution in [3.05, 3.63) is 29.3 Å². The standard InChI is InChI=1S/C14H19N5O2/c1-5-19(6-2)13(20)11-7-9(3)15-14(16-11)17-12-8-10(4)21-18-12/h7-8H,5-6H2,1-4H3,(H,15,16,17,18). The van der Waals surface area contributed by atoms with Gasteiger partial charge in [0.1, 0.15) is 11.5 Å². The highest BCUT2D eigenvalue weighted by Gasteiger charge is 2.16. The van der Waals surface area contributed by atoms with Crippen molar-refractivity contribution < 1.29 is 9.32 Å². The number of aromatic nitrogens is 3. The van der Waals surface area contributed by atoms with Crippen molar-refractivity contribution in [2.75, 3.05) is 18.4 Å². The molecule has 1 amide bonds. The second-order valence-corrected chi connectivity index (χ2v) is 4.64. The van der Waals surface area contributed by atoms with Gasteiger partial charge in [0, 0.05) is 24.8 Å². The molecule has 21 heavy (non-hydrogen) atoms. The zero-order valence-corrected chi connectivity index (χ0v) is 12.7. The van der Waals surface area contributed by atoms with Crippen LogP contribution in [0.5, 0.6) is 0 Å². The fraction of sp³-hybridized carbons (Fsp3) is 0.429. The van der Waals surface area contributed by atoms with Gasteiger partial charge in [-0.2, -0.15) is 0 Å². The van der Waals surface area contributed by atoms with E-state index in [1.165, 1.54) is 0 Å². The van der Waals surface area contributed by atoms with Crippen molar-refractivity contribution in [2.24, 2.45) is 0 Å². The van der Waals surface area contributed by atoms with E-state index in [2.05, 4.69) is 20.4 Å². The Morgan fingerprint density at radius 3 is 2.52 bits per heavy atom.